The zero-order chi connectivity index (χ0) is 23.6. The summed E-state index contributed by atoms with van der Waals surface area (Å²) in [6, 6.07) is 18.8. The number of fused-ring (bicyclic) bond motifs is 1. The van der Waals surface area contributed by atoms with Crippen LogP contribution in [0.4, 0.5) is 0 Å². The molecule has 0 radical (unpaired) electrons. The molecular formula is C26H25N3O3S. The summed E-state index contributed by atoms with van der Waals surface area (Å²) in [4.78, 5) is 0.249. The molecule has 33 heavy (non-hydrogen) atoms. The Morgan fingerprint density at radius 1 is 1.15 bits per heavy atom. The molecule has 7 heteroatoms. The second-order valence-corrected chi connectivity index (χ2v) is 10.4. The van der Waals surface area contributed by atoms with Crippen LogP contribution in [0.3, 0.4) is 0 Å². The van der Waals surface area contributed by atoms with Crippen molar-refractivity contribution < 1.29 is 13.2 Å². The van der Waals surface area contributed by atoms with E-state index in [0.717, 1.165) is 11.1 Å². The molecule has 168 valence electrons. The molecule has 0 spiro atoms. The maximum atomic E-state index is 13.4. The number of nitrogens with zero attached hydrogens (tertiary/aromatic N) is 3. The third-order valence-corrected chi connectivity index (χ3v) is 8.34. The van der Waals surface area contributed by atoms with Crippen LogP contribution in [0.25, 0.3) is 0 Å². The van der Waals surface area contributed by atoms with Gasteiger partial charge in [0.2, 0.25) is 10.0 Å². The highest BCUT2D eigenvalue weighted by Gasteiger charge is 2.49. The minimum atomic E-state index is -3.70. The highest BCUT2D eigenvalue weighted by molar-refractivity contribution is 7.89. The van der Waals surface area contributed by atoms with E-state index >= 15 is 0 Å². The predicted molar refractivity (Wildman–Crippen MR) is 125 cm³/mol. The lowest BCUT2D eigenvalue weighted by molar-refractivity contribution is 0.309. The molecule has 1 aliphatic carbocycles. The number of nitriles is 2. The van der Waals surface area contributed by atoms with Gasteiger partial charge in [0.25, 0.3) is 0 Å². The number of ether oxygens (including phenoxy) is 1. The van der Waals surface area contributed by atoms with E-state index in [4.69, 9.17) is 4.74 Å². The predicted octanol–water partition coefficient (Wildman–Crippen LogP) is 4.18. The third kappa shape index (κ3) is 4.18. The molecule has 1 aliphatic heterocycles. The van der Waals surface area contributed by atoms with Crippen molar-refractivity contribution in [2.24, 2.45) is 17.8 Å². The third-order valence-electron chi connectivity index (χ3n) is 6.49. The summed E-state index contributed by atoms with van der Waals surface area (Å²) in [5, 5.41) is 19.8. The zero-order valence-electron chi connectivity index (χ0n) is 18.4. The fraction of sp³-hybridized carbons (Fsp3) is 0.308. The maximum absolute atomic E-state index is 13.4. The molecule has 2 aliphatic rings. The van der Waals surface area contributed by atoms with Crippen molar-refractivity contribution in [3.05, 3.63) is 84.0 Å². The number of benzene rings is 2. The van der Waals surface area contributed by atoms with Gasteiger partial charge in [-0.25, -0.2) is 8.42 Å². The number of sulfonamides is 1. The number of aryl methyl sites for hydroxylation is 1. The Morgan fingerprint density at radius 2 is 1.88 bits per heavy atom. The monoisotopic (exact) mass is 459 g/mol. The molecule has 0 unspecified atom stereocenters. The van der Waals surface area contributed by atoms with E-state index in [9.17, 15) is 18.9 Å². The SMILES string of the molecule is C=CCOc1ccccc1[C@H]1[C@@H]2CN(S(=O)(=O)c3ccc(C)cc3)C[C@H]2C=C(C#N)[C@H]1C#N. The zero-order valence-corrected chi connectivity index (χ0v) is 19.2. The first-order valence-electron chi connectivity index (χ1n) is 10.8. The molecule has 0 amide bonds. The Balaban J connectivity index is 1.76. The lowest BCUT2D eigenvalue weighted by Crippen LogP contribution is -2.32. The average Bonchev–Trinajstić information content (AvgIpc) is 3.26. The van der Waals surface area contributed by atoms with Crippen LogP contribution in [-0.2, 0) is 10.0 Å². The van der Waals surface area contributed by atoms with Crippen LogP contribution in [-0.4, -0.2) is 32.4 Å². The Hall–Kier alpha value is -3.39. The molecular weight excluding hydrogens is 434 g/mol. The first-order valence-corrected chi connectivity index (χ1v) is 12.3. The summed E-state index contributed by atoms with van der Waals surface area (Å²) in [5.74, 6) is -0.728. The minimum absolute atomic E-state index is 0.152. The van der Waals surface area contributed by atoms with Gasteiger partial charge in [-0.1, -0.05) is 54.6 Å². The molecule has 6 nitrogen and oxygen atoms in total. The molecule has 0 saturated carbocycles. The van der Waals surface area contributed by atoms with Crippen molar-refractivity contribution in [2.75, 3.05) is 19.7 Å². The first kappa shape index (κ1) is 22.8. The minimum Gasteiger partial charge on any atom is -0.489 e. The number of hydrogen-bond donors (Lipinski definition) is 0. The smallest absolute Gasteiger partial charge is 0.243 e. The van der Waals surface area contributed by atoms with Crippen molar-refractivity contribution >= 4 is 10.0 Å². The van der Waals surface area contributed by atoms with E-state index in [0.29, 0.717) is 17.9 Å². The van der Waals surface area contributed by atoms with Crippen molar-refractivity contribution in [2.45, 2.75) is 17.7 Å². The molecule has 0 bridgehead atoms. The van der Waals surface area contributed by atoms with Gasteiger partial charge >= 0.3 is 0 Å². The average molecular weight is 460 g/mol. The van der Waals surface area contributed by atoms with Gasteiger partial charge in [0.15, 0.2) is 0 Å². The summed E-state index contributed by atoms with van der Waals surface area (Å²) in [6.45, 7) is 6.46. The molecule has 4 rings (SSSR count). The Morgan fingerprint density at radius 3 is 2.55 bits per heavy atom. The van der Waals surface area contributed by atoms with Gasteiger partial charge in [-0.15, -0.1) is 0 Å². The van der Waals surface area contributed by atoms with E-state index in [1.54, 1.807) is 36.4 Å². The number of rotatable bonds is 6. The number of para-hydroxylation sites is 1. The largest absolute Gasteiger partial charge is 0.489 e. The molecule has 0 aromatic heterocycles. The lowest BCUT2D eigenvalue weighted by Gasteiger charge is -2.35. The molecule has 1 heterocycles. The topological polar surface area (TPSA) is 94.2 Å². The van der Waals surface area contributed by atoms with Crippen molar-refractivity contribution in [3.8, 4) is 17.9 Å². The number of hydrogen-bond acceptors (Lipinski definition) is 5. The van der Waals surface area contributed by atoms with Crippen LogP contribution in [0.5, 0.6) is 5.75 Å². The lowest BCUT2D eigenvalue weighted by atomic mass is 9.66. The van der Waals surface area contributed by atoms with Crippen LogP contribution in [0, 0.1) is 47.3 Å². The second kappa shape index (κ2) is 9.23. The Labute approximate surface area is 195 Å². The Kier molecular flexibility index (Phi) is 6.37. The number of allylic oxidation sites excluding steroid dienone is 1. The normalized spacial score (nSPS) is 24.8. The van der Waals surface area contributed by atoms with Crippen LogP contribution < -0.4 is 4.74 Å². The summed E-state index contributed by atoms with van der Waals surface area (Å²) >= 11 is 0. The van der Waals surface area contributed by atoms with Gasteiger partial charge in [-0.2, -0.15) is 14.8 Å². The molecule has 1 fully saturated rings. The van der Waals surface area contributed by atoms with Crippen molar-refractivity contribution in [1.29, 1.82) is 10.5 Å². The Bertz CT molecular complexity index is 1270. The van der Waals surface area contributed by atoms with Crippen LogP contribution in [0.1, 0.15) is 17.0 Å². The van der Waals surface area contributed by atoms with Crippen LogP contribution in [0.2, 0.25) is 0 Å². The van der Waals surface area contributed by atoms with Crippen molar-refractivity contribution in [1.82, 2.24) is 4.31 Å². The van der Waals surface area contributed by atoms with Gasteiger partial charge in [0.1, 0.15) is 12.4 Å². The van der Waals surface area contributed by atoms with Gasteiger partial charge in [-0.3, -0.25) is 0 Å². The van der Waals surface area contributed by atoms with E-state index in [1.807, 2.05) is 31.2 Å². The van der Waals surface area contributed by atoms with Crippen LogP contribution >= 0.6 is 0 Å². The molecule has 4 atom stereocenters. The molecule has 1 saturated heterocycles. The van der Waals surface area contributed by atoms with E-state index < -0.39 is 15.9 Å². The highest BCUT2D eigenvalue weighted by atomic mass is 32.2. The molecule has 0 N–H and O–H groups in total. The highest BCUT2D eigenvalue weighted by Crippen LogP contribution is 2.50. The summed E-state index contributed by atoms with van der Waals surface area (Å²) in [7, 11) is -3.70. The molecule has 2 aromatic carbocycles. The second-order valence-electron chi connectivity index (χ2n) is 8.47. The van der Waals surface area contributed by atoms with Gasteiger partial charge < -0.3 is 4.74 Å². The van der Waals surface area contributed by atoms with Crippen LogP contribution in [0.15, 0.2) is 77.7 Å². The first-order chi connectivity index (χ1) is 15.9. The quantitative estimate of drug-likeness (QED) is 0.604. The van der Waals surface area contributed by atoms with E-state index in [-0.39, 0.29) is 35.7 Å². The maximum Gasteiger partial charge on any atom is 0.243 e. The van der Waals surface area contributed by atoms with Gasteiger partial charge in [-0.05, 0) is 42.5 Å². The fourth-order valence-electron chi connectivity index (χ4n) is 4.91. The van der Waals surface area contributed by atoms with Gasteiger partial charge in [0.05, 0.1) is 23.0 Å². The summed E-state index contributed by atoms with van der Waals surface area (Å²) < 4.78 is 34.1. The summed E-state index contributed by atoms with van der Waals surface area (Å²) in [5.41, 5.74) is 2.19. The van der Waals surface area contributed by atoms with Crippen molar-refractivity contribution in [3.63, 3.8) is 0 Å². The van der Waals surface area contributed by atoms with E-state index in [1.165, 1.54) is 4.31 Å². The standard InChI is InChI=1S/C26H25N3O3S/c1-3-12-32-25-7-5-4-6-22(25)26-23(15-28)19(14-27)13-20-16-29(17-24(20)26)33(30,31)21-10-8-18(2)9-11-21/h3-11,13,20,23-24,26H,1,12,16-17H2,2H3/t20-,23-,24-,26-/m1/s1. The molecule has 2 aromatic rings. The van der Waals surface area contributed by atoms with E-state index in [2.05, 4.69) is 18.7 Å². The summed E-state index contributed by atoms with van der Waals surface area (Å²) in [6.07, 6.45) is 3.45. The van der Waals surface area contributed by atoms with Gasteiger partial charge in [0, 0.05) is 24.6 Å². The fourth-order valence-corrected chi connectivity index (χ4v) is 6.42.